The van der Waals surface area contributed by atoms with Gasteiger partial charge in [0.05, 0.1) is 24.7 Å². The molecule has 1 aliphatic rings. The number of rotatable bonds is 9. The van der Waals surface area contributed by atoms with E-state index in [1.807, 2.05) is 18.2 Å². The summed E-state index contributed by atoms with van der Waals surface area (Å²) in [4.78, 5) is 39.7. The second kappa shape index (κ2) is 11.3. The first kappa shape index (κ1) is 24.0. The molecule has 1 amide bonds. The second-order valence-corrected chi connectivity index (χ2v) is 7.43. The lowest BCUT2D eigenvalue weighted by atomic mass is 10.1. The molecule has 1 aliphatic heterocycles. The van der Waals surface area contributed by atoms with Gasteiger partial charge in [0.15, 0.2) is 18.1 Å². The van der Waals surface area contributed by atoms with Crippen molar-refractivity contribution in [3.8, 4) is 11.5 Å². The van der Waals surface area contributed by atoms with Gasteiger partial charge in [-0.1, -0.05) is 30.3 Å². The molecule has 1 saturated heterocycles. The van der Waals surface area contributed by atoms with Gasteiger partial charge in [-0.15, -0.1) is 0 Å². The molecule has 10 nitrogen and oxygen atoms in total. The Bertz CT molecular complexity index is 989. The Labute approximate surface area is 191 Å². The predicted molar refractivity (Wildman–Crippen MR) is 119 cm³/mol. The van der Waals surface area contributed by atoms with E-state index in [1.54, 1.807) is 11.8 Å². The third-order valence-corrected chi connectivity index (χ3v) is 5.30. The number of nitrogens with zero attached hydrogens (tertiary/aromatic N) is 3. The summed E-state index contributed by atoms with van der Waals surface area (Å²) >= 11 is 0. The Kier molecular flexibility index (Phi) is 8.20. The highest BCUT2D eigenvalue weighted by molar-refractivity contribution is 5.96. The lowest BCUT2D eigenvalue weighted by Gasteiger charge is -2.34. The Morgan fingerprint density at radius 3 is 2.36 bits per heavy atom. The molecule has 0 spiro atoms. The molecule has 0 bridgehead atoms. The smallest absolute Gasteiger partial charge is 0.345 e. The van der Waals surface area contributed by atoms with Crippen molar-refractivity contribution in [1.82, 2.24) is 9.80 Å². The van der Waals surface area contributed by atoms with Crippen LogP contribution in [0.5, 0.6) is 11.5 Å². The molecule has 0 radical (unpaired) electrons. The number of hydrogen-bond acceptors (Lipinski definition) is 8. The van der Waals surface area contributed by atoms with E-state index in [2.05, 4.69) is 17.0 Å². The third kappa shape index (κ3) is 6.19. The zero-order valence-corrected chi connectivity index (χ0v) is 18.7. The van der Waals surface area contributed by atoms with Crippen LogP contribution < -0.4 is 9.47 Å². The molecule has 2 aromatic rings. The number of nitro groups is 1. The molecule has 0 saturated carbocycles. The number of amides is 1. The number of nitro benzene ring substituents is 1. The average molecular weight is 457 g/mol. The average Bonchev–Trinajstić information content (AvgIpc) is 2.83. The highest BCUT2D eigenvalue weighted by atomic mass is 16.6. The molecule has 1 heterocycles. The first-order valence-corrected chi connectivity index (χ1v) is 10.6. The standard InChI is InChI=1S/C23H27N3O7/c1-3-32-21-13-18(19(26(29)30)14-20(21)31-2)23(28)33-16-22(27)25-11-9-24(10-12-25)15-17-7-5-4-6-8-17/h4-8,13-14H,3,9-12,15-16H2,1-2H3. The van der Waals surface area contributed by atoms with Crippen LogP contribution in [0.1, 0.15) is 22.8 Å². The zero-order chi connectivity index (χ0) is 23.8. The van der Waals surface area contributed by atoms with Crippen LogP contribution in [0.25, 0.3) is 0 Å². The summed E-state index contributed by atoms with van der Waals surface area (Å²) in [5.41, 5.74) is 0.422. The Balaban J connectivity index is 1.57. The van der Waals surface area contributed by atoms with Crippen molar-refractivity contribution < 1.29 is 28.7 Å². The topological polar surface area (TPSA) is 111 Å². The van der Waals surface area contributed by atoms with Crippen molar-refractivity contribution >= 4 is 17.6 Å². The van der Waals surface area contributed by atoms with Crippen molar-refractivity contribution in [2.24, 2.45) is 0 Å². The number of piperazine rings is 1. The van der Waals surface area contributed by atoms with E-state index in [0.717, 1.165) is 12.6 Å². The Morgan fingerprint density at radius 2 is 1.76 bits per heavy atom. The van der Waals surface area contributed by atoms with E-state index in [9.17, 15) is 19.7 Å². The fraction of sp³-hybridized carbons (Fsp3) is 0.391. The summed E-state index contributed by atoms with van der Waals surface area (Å²) in [6, 6.07) is 12.4. The molecule has 10 heteroatoms. The van der Waals surface area contributed by atoms with Gasteiger partial charge in [0.25, 0.3) is 11.6 Å². The number of esters is 1. The number of ether oxygens (including phenoxy) is 3. The van der Waals surface area contributed by atoms with E-state index in [-0.39, 0.29) is 29.6 Å². The molecule has 2 aromatic carbocycles. The summed E-state index contributed by atoms with van der Waals surface area (Å²) in [6.45, 7) is 4.76. The first-order chi connectivity index (χ1) is 15.9. The molecule has 0 atom stereocenters. The molecule has 0 N–H and O–H groups in total. The van der Waals surface area contributed by atoms with Crippen LogP contribution in [0.15, 0.2) is 42.5 Å². The van der Waals surface area contributed by atoms with Gasteiger partial charge in [-0.25, -0.2) is 4.79 Å². The van der Waals surface area contributed by atoms with E-state index in [0.29, 0.717) is 26.2 Å². The second-order valence-electron chi connectivity index (χ2n) is 7.43. The summed E-state index contributed by atoms with van der Waals surface area (Å²) < 4.78 is 15.6. The van der Waals surface area contributed by atoms with Crippen molar-refractivity contribution in [3.63, 3.8) is 0 Å². The fourth-order valence-electron chi connectivity index (χ4n) is 3.58. The largest absolute Gasteiger partial charge is 0.493 e. The number of carbonyl (C=O) groups is 2. The maximum atomic E-state index is 12.6. The van der Waals surface area contributed by atoms with Crippen molar-refractivity contribution in [3.05, 3.63) is 63.7 Å². The highest BCUT2D eigenvalue weighted by Gasteiger charge is 2.28. The van der Waals surface area contributed by atoms with E-state index < -0.39 is 23.2 Å². The summed E-state index contributed by atoms with van der Waals surface area (Å²) in [7, 11) is 1.35. The van der Waals surface area contributed by atoms with Gasteiger partial charge in [-0.05, 0) is 12.5 Å². The zero-order valence-electron chi connectivity index (χ0n) is 18.7. The van der Waals surface area contributed by atoms with Gasteiger partial charge in [0, 0.05) is 38.8 Å². The fourth-order valence-corrected chi connectivity index (χ4v) is 3.58. The van der Waals surface area contributed by atoms with E-state index in [4.69, 9.17) is 14.2 Å². The predicted octanol–water partition coefficient (Wildman–Crippen LogP) is 2.50. The number of hydrogen-bond donors (Lipinski definition) is 0. The normalized spacial score (nSPS) is 13.9. The molecule has 1 fully saturated rings. The number of methoxy groups -OCH3 is 1. The molecular formula is C23H27N3O7. The van der Waals surface area contributed by atoms with Crippen LogP contribution in [-0.4, -0.2) is 73.1 Å². The SMILES string of the molecule is CCOc1cc(C(=O)OCC(=O)N2CCN(Cc3ccccc3)CC2)c([N+](=O)[O-])cc1OC. The van der Waals surface area contributed by atoms with Crippen LogP contribution in [0.2, 0.25) is 0 Å². The van der Waals surface area contributed by atoms with E-state index in [1.165, 1.54) is 18.7 Å². The third-order valence-electron chi connectivity index (χ3n) is 5.30. The lowest BCUT2D eigenvalue weighted by molar-refractivity contribution is -0.385. The Hall–Kier alpha value is -3.66. The molecule has 3 rings (SSSR count). The van der Waals surface area contributed by atoms with Crippen molar-refractivity contribution in [2.45, 2.75) is 13.5 Å². The summed E-state index contributed by atoms with van der Waals surface area (Å²) in [5.74, 6) is -1.01. The van der Waals surface area contributed by atoms with Crippen LogP contribution in [0.4, 0.5) is 5.69 Å². The van der Waals surface area contributed by atoms with Gasteiger partial charge in [-0.3, -0.25) is 19.8 Å². The molecule has 33 heavy (non-hydrogen) atoms. The molecule has 0 aromatic heterocycles. The number of benzene rings is 2. The van der Waals surface area contributed by atoms with Crippen LogP contribution in [0, 0.1) is 10.1 Å². The van der Waals surface area contributed by atoms with Gasteiger partial charge < -0.3 is 19.1 Å². The minimum Gasteiger partial charge on any atom is -0.493 e. The minimum absolute atomic E-state index is 0.129. The Morgan fingerprint density at radius 1 is 1.06 bits per heavy atom. The van der Waals surface area contributed by atoms with Crippen LogP contribution in [0.3, 0.4) is 0 Å². The number of carbonyl (C=O) groups excluding carboxylic acids is 2. The summed E-state index contributed by atoms with van der Waals surface area (Å²) in [6.07, 6.45) is 0. The van der Waals surface area contributed by atoms with Crippen LogP contribution >= 0.6 is 0 Å². The van der Waals surface area contributed by atoms with Gasteiger partial charge in [0.1, 0.15) is 5.56 Å². The molecular weight excluding hydrogens is 430 g/mol. The minimum atomic E-state index is -0.971. The van der Waals surface area contributed by atoms with Gasteiger partial charge in [0.2, 0.25) is 0 Å². The van der Waals surface area contributed by atoms with E-state index >= 15 is 0 Å². The molecule has 0 aliphatic carbocycles. The molecule has 176 valence electrons. The molecule has 0 unspecified atom stereocenters. The maximum Gasteiger partial charge on any atom is 0.345 e. The maximum absolute atomic E-state index is 12.6. The van der Waals surface area contributed by atoms with Crippen molar-refractivity contribution in [1.29, 1.82) is 0 Å². The highest BCUT2D eigenvalue weighted by Crippen LogP contribution is 2.35. The summed E-state index contributed by atoms with van der Waals surface area (Å²) in [5, 5.41) is 11.4. The van der Waals surface area contributed by atoms with Gasteiger partial charge in [-0.2, -0.15) is 0 Å². The van der Waals surface area contributed by atoms with Crippen molar-refractivity contribution in [2.75, 3.05) is 46.5 Å². The monoisotopic (exact) mass is 457 g/mol. The van der Waals surface area contributed by atoms with Gasteiger partial charge >= 0.3 is 5.97 Å². The first-order valence-electron chi connectivity index (χ1n) is 10.6. The quantitative estimate of drug-likeness (QED) is 0.321. The lowest BCUT2D eigenvalue weighted by Crippen LogP contribution is -2.49. The van der Waals surface area contributed by atoms with Crippen LogP contribution in [-0.2, 0) is 16.1 Å².